The third kappa shape index (κ3) is 3.91. The maximum Gasteiger partial charge on any atom is 0.363 e. The number of carbonyl (C=O) groups excluding carboxylic acids is 1. The number of hydrogen-bond acceptors (Lipinski definition) is 5. The fourth-order valence-corrected chi connectivity index (χ4v) is 2.86. The molecule has 0 saturated heterocycles. The van der Waals surface area contributed by atoms with Gasteiger partial charge in [0.25, 0.3) is 0 Å². The van der Waals surface area contributed by atoms with Crippen molar-refractivity contribution in [2.75, 3.05) is 13.7 Å². The molecule has 0 bridgehead atoms. The van der Waals surface area contributed by atoms with Gasteiger partial charge in [-0.05, 0) is 64.8 Å². The summed E-state index contributed by atoms with van der Waals surface area (Å²) >= 11 is 3.41. The number of esters is 1. The second kappa shape index (κ2) is 7.53. The Bertz CT molecular complexity index is 856. The number of methoxy groups -OCH3 is 1. The molecule has 0 fully saturated rings. The van der Waals surface area contributed by atoms with Gasteiger partial charge >= 0.3 is 5.97 Å². The van der Waals surface area contributed by atoms with Crippen LogP contribution < -0.4 is 9.47 Å². The fourth-order valence-electron chi connectivity index (χ4n) is 2.32. The van der Waals surface area contributed by atoms with Crippen LogP contribution in [-0.2, 0) is 9.53 Å². The number of halogens is 1. The number of ether oxygens (including phenoxy) is 3. The topological polar surface area (TPSA) is 57.1 Å². The average molecular weight is 402 g/mol. The number of carbonyl (C=O) groups is 1. The Morgan fingerprint density at radius 2 is 1.96 bits per heavy atom. The van der Waals surface area contributed by atoms with Gasteiger partial charge in [0.05, 0.1) is 18.2 Å². The molecule has 3 rings (SSSR count). The van der Waals surface area contributed by atoms with Crippen molar-refractivity contribution < 1.29 is 19.0 Å². The van der Waals surface area contributed by atoms with E-state index >= 15 is 0 Å². The second-order valence-electron chi connectivity index (χ2n) is 5.19. The highest BCUT2D eigenvalue weighted by Crippen LogP contribution is 2.28. The van der Waals surface area contributed by atoms with E-state index in [1.165, 1.54) is 0 Å². The highest BCUT2D eigenvalue weighted by atomic mass is 79.9. The van der Waals surface area contributed by atoms with E-state index in [0.717, 1.165) is 15.8 Å². The molecule has 5 nitrogen and oxygen atoms in total. The zero-order chi connectivity index (χ0) is 17.8. The quantitative estimate of drug-likeness (QED) is 0.556. The predicted octanol–water partition coefficient (Wildman–Crippen LogP) is 4.20. The first kappa shape index (κ1) is 17.2. The third-order valence-electron chi connectivity index (χ3n) is 3.51. The lowest BCUT2D eigenvalue weighted by atomic mass is 10.2. The second-order valence-corrected chi connectivity index (χ2v) is 6.04. The Kier molecular flexibility index (Phi) is 5.19. The normalized spacial score (nSPS) is 15.1. The maximum atomic E-state index is 12.1. The van der Waals surface area contributed by atoms with Crippen molar-refractivity contribution in [3.8, 4) is 11.5 Å². The summed E-state index contributed by atoms with van der Waals surface area (Å²) in [5.41, 5.74) is 1.79. The van der Waals surface area contributed by atoms with Crippen LogP contribution in [0.25, 0.3) is 6.08 Å². The highest BCUT2D eigenvalue weighted by Gasteiger charge is 2.24. The van der Waals surface area contributed by atoms with E-state index in [1.807, 2.05) is 31.2 Å². The number of cyclic esters (lactones) is 1. The fraction of sp³-hybridized carbons (Fsp3) is 0.158. The summed E-state index contributed by atoms with van der Waals surface area (Å²) in [6.07, 6.45) is 1.68. The van der Waals surface area contributed by atoms with Gasteiger partial charge in [-0.1, -0.05) is 12.1 Å². The molecular weight excluding hydrogens is 386 g/mol. The lowest BCUT2D eigenvalue weighted by Crippen LogP contribution is -2.05. The van der Waals surface area contributed by atoms with Crippen molar-refractivity contribution in [2.24, 2.45) is 4.99 Å². The molecule has 0 N–H and O–H groups in total. The van der Waals surface area contributed by atoms with E-state index in [4.69, 9.17) is 14.2 Å². The number of hydrogen-bond donors (Lipinski definition) is 0. The number of nitrogens with zero attached hydrogens (tertiary/aromatic N) is 1. The van der Waals surface area contributed by atoms with E-state index in [2.05, 4.69) is 20.9 Å². The van der Waals surface area contributed by atoms with Crippen LogP contribution in [0.1, 0.15) is 18.1 Å². The van der Waals surface area contributed by atoms with E-state index in [9.17, 15) is 4.79 Å². The standard InChI is InChI=1S/C19H16BrNO4/c1-3-24-14-7-4-12(5-8-14)10-16-19(22)25-18(21-16)13-6-9-17(23-2)15(20)11-13/h4-11H,3H2,1-2H3. The molecule has 0 radical (unpaired) electrons. The first-order chi connectivity index (χ1) is 12.1. The number of aliphatic imine (C=N–C) groups is 1. The average Bonchev–Trinajstić information content (AvgIpc) is 2.97. The summed E-state index contributed by atoms with van der Waals surface area (Å²) in [6.45, 7) is 2.54. The molecule has 1 aliphatic heterocycles. The lowest BCUT2D eigenvalue weighted by Gasteiger charge is -2.05. The van der Waals surface area contributed by atoms with Crippen LogP contribution in [0.2, 0.25) is 0 Å². The van der Waals surface area contributed by atoms with Crippen LogP contribution in [0.15, 0.2) is 57.6 Å². The van der Waals surface area contributed by atoms with E-state index in [-0.39, 0.29) is 11.6 Å². The molecule has 0 spiro atoms. The van der Waals surface area contributed by atoms with Crippen molar-refractivity contribution in [1.82, 2.24) is 0 Å². The molecule has 0 amide bonds. The van der Waals surface area contributed by atoms with Gasteiger partial charge in [0.1, 0.15) is 11.5 Å². The molecule has 2 aromatic rings. The predicted molar refractivity (Wildman–Crippen MR) is 98.9 cm³/mol. The van der Waals surface area contributed by atoms with E-state index < -0.39 is 5.97 Å². The SMILES string of the molecule is CCOc1ccc(C=C2N=C(c3ccc(OC)c(Br)c3)OC2=O)cc1. The van der Waals surface area contributed by atoms with Crippen molar-refractivity contribution in [3.05, 3.63) is 63.8 Å². The molecule has 0 saturated carbocycles. The van der Waals surface area contributed by atoms with Crippen LogP contribution in [0.5, 0.6) is 11.5 Å². The Morgan fingerprint density at radius 3 is 2.60 bits per heavy atom. The van der Waals surface area contributed by atoms with Gasteiger partial charge in [-0.15, -0.1) is 0 Å². The van der Waals surface area contributed by atoms with Crippen LogP contribution in [-0.4, -0.2) is 25.6 Å². The third-order valence-corrected chi connectivity index (χ3v) is 4.13. The summed E-state index contributed by atoms with van der Waals surface area (Å²) in [5.74, 6) is 1.27. The summed E-state index contributed by atoms with van der Waals surface area (Å²) in [7, 11) is 1.59. The molecule has 0 unspecified atom stereocenters. The molecule has 128 valence electrons. The Morgan fingerprint density at radius 1 is 1.20 bits per heavy atom. The van der Waals surface area contributed by atoms with Crippen LogP contribution in [0.4, 0.5) is 0 Å². The van der Waals surface area contributed by atoms with Gasteiger partial charge in [0, 0.05) is 5.56 Å². The van der Waals surface area contributed by atoms with E-state index in [0.29, 0.717) is 17.9 Å². The number of benzene rings is 2. The van der Waals surface area contributed by atoms with E-state index in [1.54, 1.807) is 31.4 Å². The summed E-state index contributed by atoms with van der Waals surface area (Å²) in [6, 6.07) is 12.8. The molecular formula is C19H16BrNO4. The zero-order valence-corrected chi connectivity index (χ0v) is 15.4. The molecule has 1 aliphatic rings. The number of rotatable bonds is 5. The minimum atomic E-state index is -0.476. The van der Waals surface area contributed by atoms with Crippen molar-refractivity contribution in [3.63, 3.8) is 0 Å². The molecule has 2 aromatic carbocycles. The molecule has 25 heavy (non-hydrogen) atoms. The summed E-state index contributed by atoms with van der Waals surface area (Å²) in [5, 5.41) is 0. The molecule has 0 atom stereocenters. The Hall–Kier alpha value is -2.60. The van der Waals surface area contributed by atoms with Gasteiger partial charge < -0.3 is 14.2 Å². The van der Waals surface area contributed by atoms with Crippen molar-refractivity contribution >= 4 is 33.9 Å². The minimum Gasteiger partial charge on any atom is -0.496 e. The minimum absolute atomic E-state index is 0.256. The van der Waals surface area contributed by atoms with Crippen LogP contribution in [0, 0.1) is 0 Å². The molecule has 6 heteroatoms. The first-order valence-corrected chi connectivity index (χ1v) is 8.49. The van der Waals surface area contributed by atoms with Crippen molar-refractivity contribution in [2.45, 2.75) is 6.92 Å². The largest absolute Gasteiger partial charge is 0.496 e. The van der Waals surface area contributed by atoms with Crippen LogP contribution in [0.3, 0.4) is 0 Å². The van der Waals surface area contributed by atoms with Crippen LogP contribution >= 0.6 is 15.9 Å². The molecule has 1 heterocycles. The van der Waals surface area contributed by atoms with Gasteiger partial charge in [-0.3, -0.25) is 0 Å². The first-order valence-electron chi connectivity index (χ1n) is 7.70. The Labute approximate surface area is 154 Å². The molecule has 0 aliphatic carbocycles. The van der Waals surface area contributed by atoms with Gasteiger partial charge in [0.15, 0.2) is 5.70 Å². The Balaban J connectivity index is 1.85. The smallest absolute Gasteiger partial charge is 0.363 e. The lowest BCUT2D eigenvalue weighted by molar-refractivity contribution is -0.129. The molecule has 0 aromatic heterocycles. The summed E-state index contributed by atoms with van der Waals surface area (Å²) < 4.78 is 16.6. The van der Waals surface area contributed by atoms with Gasteiger partial charge in [-0.2, -0.15) is 0 Å². The monoisotopic (exact) mass is 401 g/mol. The summed E-state index contributed by atoms with van der Waals surface area (Å²) in [4.78, 5) is 16.4. The van der Waals surface area contributed by atoms with Crippen molar-refractivity contribution in [1.29, 1.82) is 0 Å². The maximum absolute atomic E-state index is 12.1. The van der Waals surface area contributed by atoms with Gasteiger partial charge in [0.2, 0.25) is 5.90 Å². The van der Waals surface area contributed by atoms with Gasteiger partial charge in [-0.25, -0.2) is 9.79 Å². The highest BCUT2D eigenvalue weighted by molar-refractivity contribution is 9.10. The zero-order valence-electron chi connectivity index (χ0n) is 13.8.